The number of nitrogens with zero attached hydrogens (tertiary/aromatic N) is 1. The number of hydrogen-bond donors (Lipinski definition) is 4. The molecule has 2 saturated carbocycles. The van der Waals surface area contributed by atoms with Crippen LogP contribution in [0.5, 0.6) is 0 Å². The summed E-state index contributed by atoms with van der Waals surface area (Å²) in [4.78, 5) is 44.9. The number of ether oxygens (including phenoxy) is 1. The van der Waals surface area contributed by atoms with E-state index in [0.717, 1.165) is 56.9 Å². The third-order valence-corrected chi connectivity index (χ3v) is 8.84. The zero-order valence-corrected chi connectivity index (χ0v) is 25.8. The van der Waals surface area contributed by atoms with E-state index in [9.17, 15) is 14.4 Å². The number of hydrogen-bond acceptors (Lipinski definition) is 6. The highest BCUT2D eigenvalue weighted by atomic mass is 16.6. The fourth-order valence-corrected chi connectivity index (χ4v) is 6.52. The summed E-state index contributed by atoms with van der Waals surface area (Å²) in [5, 5.41) is 9.08. The largest absolute Gasteiger partial charge is 0.444 e. The van der Waals surface area contributed by atoms with Crippen molar-refractivity contribution >= 4 is 23.7 Å². The zero-order valence-electron chi connectivity index (χ0n) is 25.8. The molecule has 0 spiro atoms. The Bertz CT molecular complexity index is 963. The molecule has 9 heteroatoms. The van der Waals surface area contributed by atoms with E-state index in [2.05, 4.69) is 20.9 Å². The van der Waals surface area contributed by atoms with Crippen molar-refractivity contribution in [1.82, 2.24) is 20.9 Å². The van der Waals surface area contributed by atoms with Gasteiger partial charge in [-0.2, -0.15) is 0 Å². The van der Waals surface area contributed by atoms with Crippen LogP contribution in [-0.4, -0.2) is 40.6 Å². The first-order valence-electron chi connectivity index (χ1n) is 15.8. The minimum Gasteiger partial charge on any atom is -0.444 e. The van der Waals surface area contributed by atoms with E-state index in [4.69, 9.17) is 10.5 Å². The van der Waals surface area contributed by atoms with E-state index in [-0.39, 0.29) is 23.7 Å². The molecule has 1 aromatic rings. The van der Waals surface area contributed by atoms with Gasteiger partial charge in [0.15, 0.2) is 0 Å². The van der Waals surface area contributed by atoms with Gasteiger partial charge >= 0.3 is 6.09 Å². The monoisotopic (exact) mass is 571 g/mol. The number of nitrogen functional groups attached to an aromatic ring is 1. The van der Waals surface area contributed by atoms with E-state index in [1.165, 1.54) is 12.8 Å². The lowest BCUT2D eigenvalue weighted by molar-refractivity contribution is -0.133. The Kier molecular flexibility index (Phi) is 12.3. The molecule has 0 aliphatic heterocycles. The van der Waals surface area contributed by atoms with Crippen molar-refractivity contribution in [2.24, 2.45) is 23.7 Å². The van der Waals surface area contributed by atoms with Gasteiger partial charge in [-0.15, -0.1) is 0 Å². The summed E-state index contributed by atoms with van der Waals surface area (Å²) in [6, 6.07) is 2.05. The Morgan fingerprint density at radius 3 is 2.00 bits per heavy atom. The molecule has 2 aliphatic carbocycles. The summed E-state index contributed by atoms with van der Waals surface area (Å²) in [6.45, 7) is 9.60. The molecular weight excluding hydrogens is 518 g/mol. The van der Waals surface area contributed by atoms with Crippen molar-refractivity contribution in [3.63, 3.8) is 0 Å². The molecule has 3 atom stereocenters. The van der Waals surface area contributed by atoms with Crippen molar-refractivity contribution in [2.75, 3.05) is 5.73 Å². The minimum absolute atomic E-state index is 0.0446. The number of pyridine rings is 1. The maximum absolute atomic E-state index is 14.0. The van der Waals surface area contributed by atoms with Gasteiger partial charge in [-0.05, 0) is 56.1 Å². The Balaban J connectivity index is 1.89. The normalized spacial score (nSPS) is 19.2. The van der Waals surface area contributed by atoms with Crippen molar-refractivity contribution in [1.29, 1.82) is 0 Å². The molecule has 5 N–H and O–H groups in total. The second-order valence-corrected chi connectivity index (χ2v) is 13.2. The maximum Gasteiger partial charge on any atom is 0.408 e. The number of rotatable bonds is 11. The van der Waals surface area contributed by atoms with E-state index < -0.39 is 23.8 Å². The van der Waals surface area contributed by atoms with Crippen LogP contribution < -0.4 is 21.7 Å². The molecule has 0 bridgehead atoms. The summed E-state index contributed by atoms with van der Waals surface area (Å²) in [5.41, 5.74) is 5.89. The first-order chi connectivity index (χ1) is 19.5. The van der Waals surface area contributed by atoms with Crippen molar-refractivity contribution in [2.45, 2.75) is 129 Å². The summed E-state index contributed by atoms with van der Waals surface area (Å²) < 4.78 is 5.48. The Morgan fingerprint density at radius 2 is 1.51 bits per heavy atom. The quantitative estimate of drug-likeness (QED) is 0.278. The number of anilines is 1. The number of carbonyl (C=O) groups excluding carboxylic acids is 3. The van der Waals surface area contributed by atoms with Gasteiger partial charge in [0.25, 0.3) is 0 Å². The Morgan fingerprint density at radius 1 is 0.927 bits per heavy atom. The molecule has 0 saturated heterocycles. The van der Waals surface area contributed by atoms with Crippen LogP contribution in [0, 0.1) is 23.7 Å². The summed E-state index contributed by atoms with van der Waals surface area (Å²) in [6.07, 6.45) is 13.1. The lowest BCUT2D eigenvalue weighted by atomic mass is 9.66. The van der Waals surface area contributed by atoms with Crippen molar-refractivity contribution < 1.29 is 19.1 Å². The minimum atomic E-state index is -0.815. The van der Waals surface area contributed by atoms with Gasteiger partial charge in [0.2, 0.25) is 11.8 Å². The summed E-state index contributed by atoms with van der Waals surface area (Å²) in [5.74, 6) is 0.558. The van der Waals surface area contributed by atoms with Gasteiger partial charge in [0.05, 0.1) is 0 Å². The predicted octanol–water partition coefficient (Wildman–Crippen LogP) is 5.48. The van der Waals surface area contributed by atoms with Crippen LogP contribution in [0.25, 0.3) is 0 Å². The predicted molar refractivity (Wildman–Crippen MR) is 162 cm³/mol. The smallest absolute Gasteiger partial charge is 0.408 e. The van der Waals surface area contributed by atoms with Crippen LogP contribution in [0.3, 0.4) is 0 Å². The van der Waals surface area contributed by atoms with E-state index >= 15 is 0 Å². The molecule has 2 fully saturated rings. The number of alkyl carbamates (subject to hydrolysis) is 1. The number of amides is 3. The standard InChI is InChI=1S/C32H53N5O4/c1-6-21(2)27(37-31(40)41-32(3,4)5)30(39)36-28(29(38)35-20-22-17-18-25(33)34-19-22)26(23-13-9-7-10-14-23)24-15-11-8-12-16-24/h17-19,21,23-24,26-28H,6-16,20H2,1-5H3,(H2,33,34)(H,35,38)(H,36,39)(H,37,40)/t21?,27?,28-/m1/s1. The van der Waals surface area contributed by atoms with E-state index in [1.807, 2.05) is 19.9 Å². The highest BCUT2D eigenvalue weighted by Crippen LogP contribution is 2.42. The SMILES string of the molecule is CCC(C)C(NC(=O)OC(C)(C)C)C(=O)N[C@@H](C(=O)NCc1ccc(N)nc1)C(C1CCCCC1)C1CCCCC1. The molecule has 230 valence electrons. The van der Waals surface area contributed by atoms with Crippen LogP contribution in [0.4, 0.5) is 10.6 Å². The molecule has 0 aromatic carbocycles. The molecule has 2 aliphatic rings. The second-order valence-electron chi connectivity index (χ2n) is 13.2. The van der Waals surface area contributed by atoms with Gasteiger partial charge in [0.1, 0.15) is 23.5 Å². The Hall–Kier alpha value is -2.84. The topological polar surface area (TPSA) is 135 Å². The first kappa shape index (κ1) is 32.7. The molecule has 41 heavy (non-hydrogen) atoms. The van der Waals surface area contributed by atoms with E-state index in [1.54, 1.807) is 33.0 Å². The number of aromatic nitrogens is 1. The van der Waals surface area contributed by atoms with Crippen LogP contribution in [-0.2, 0) is 20.9 Å². The number of nitrogens with two attached hydrogens (primary N) is 1. The van der Waals surface area contributed by atoms with Crippen LogP contribution in [0.2, 0.25) is 0 Å². The van der Waals surface area contributed by atoms with E-state index in [0.29, 0.717) is 30.6 Å². The summed E-state index contributed by atoms with van der Waals surface area (Å²) >= 11 is 0. The van der Waals surface area contributed by atoms with Crippen LogP contribution in [0.1, 0.15) is 111 Å². The molecule has 1 heterocycles. The van der Waals surface area contributed by atoms with Gasteiger partial charge < -0.3 is 26.4 Å². The lowest BCUT2D eigenvalue weighted by Gasteiger charge is -2.42. The second kappa shape index (κ2) is 15.4. The number of carbonyl (C=O) groups is 3. The highest BCUT2D eigenvalue weighted by Gasteiger charge is 2.42. The molecular formula is C32H53N5O4. The fraction of sp³-hybridized carbons (Fsp3) is 0.750. The first-order valence-corrected chi connectivity index (χ1v) is 15.8. The average molecular weight is 572 g/mol. The Labute approximate surface area is 246 Å². The summed E-state index contributed by atoms with van der Waals surface area (Å²) in [7, 11) is 0. The third-order valence-electron chi connectivity index (χ3n) is 8.84. The maximum atomic E-state index is 14.0. The molecule has 0 radical (unpaired) electrons. The lowest BCUT2D eigenvalue weighted by Crippen LogP contribution is -2.60. The molecule has 9 nitrogen and oxygen atoms in total. The van der Waals surface area contributed by atoms with Crippen molar-refractivity contribution in [3.05, 3.63) is 23.9 Å². The zero-order chi connectivity index (χ0) is 30.0. The van der Waals surface area contributed by atoms with Crippen LogP contribution in [0.15, 0.2) is 18.3 Å². The molecule has 3 rings (SSSR count). The van der Waals surface area contributed by atoms with Crippen LogP contribution >= 0.6 is 0 Å². The fourth-order valence-electron chi connectivity index (χ4n) is 6.52. The molecule has 2 unspecified atom stereocenters. The van der Waals surface area contributed by atoms with Crippen molar-refractivity contribution in [3.8, 4) is 0 Å². The average Bonchev–Trinajstić information content (AvgIpc) is 2.95. The molecule has 3 amide bonds. The van der Waals surface area contributed by atoms with Gasteiger partial charge in [0, 0.05) is 12.7 Å². The van der Waals surface area contributed by atoms with Gasteiger partial charge in [-0.25, -0.2) is 9.78 Å². The number of nitrogens with one attached hydrogen (secondary N) is 3. The third kappa shape index (κ3) is 10.2. The van der Waals surface area contributed by atoms with Gasteiger partial charge in [-0.1, -0.05) is 90.5 Å². The highest BCUT2D eigenvalue weighted by molar-refractivity contribution is 5.91. The molecule has 1 aromatic heterocycles. The van der Waals surface area contributed by atoms with Gasteiger partial charge in [-0.3, -0.25) is 9.59 Å².